The molecular formula is C23H25NO6S2. The molecule has 0 radical (unpaired) electrons. The Morgan fingerprint density at radius 3 is 1.50 bits per heavy atom. The summed E-state index contributed by atoms with van der Waals surface area (Å²) in [4.78, 5) is 47.1. The number of carboxylic acids is 2. The van der Waals surface area contributed by atoms with E-state index < -0.39 is 16.0 Å². The zero-order chi connectivity index (χ0) is 23.7. The Labute approximate surface area is 195 Å². The molecule has 0 unspecified atom stereocenters. The molecule has 0 saturated carbocycles. The van der Waals surface area contributed by atoms with Gasteiger partial charge in [0, 0.05) is 29.2 Å². The van der Waals surface area contributed by atoms with E-state index in [1.165, 1.54) is 23.5 Å². The van der Waals surface area contributed by atoms with E-state index in [0.717, 1.165) is 18.1 Å². The Morgan fingerprint density at radius 1 is 0.812 bits per heavy atom. The number of ketones is 2. The van der Waals surface area contributed by atoms with Crippen molar-refractivity contribution >= 4 is 47.0 Å². The molecule has 7 nitrogen and oxygen atoms in total. The predicted octanol–water partition coefficient (Wildman–Crippen LogP) is 3.26. The maximum Gasteiger partial charge on any atom is 0.414 e. The molecule has 9 heteroatoms. The Kier molecular flexibility index (Phi) is 9.49. The monoisotopic (exact) mass is 475 g/mol. The molecular weight excluding hydrogens is 450 g/mol. The van der Waals surface area contributed by atoms with Crippen LogP contribution in [0.5, 0.6) is 0 Å². The highest BCUT2D eigenvalue weighted by molar-refractivity contribution is 8.21. The third kappa shape index (κ3) is 6.69. The fourth-order valence-electron chi connectivity index (χ4n) is 3.11. The Morgan fingerprint density at radius 2 is 1.19 bits per heavy atom. The molecule has 3 rings (SSSR count). The van der Waals surface area contributed by atoms with Crippen LogP contribution in [0.15, 0.2) is 60.7 Å². The summed E-state index contributed by atoms with van der Waals surface area (Å²) in [6, 6.07) is 18.4. The SMILES string of the molecule is CN(C)CC1CSC(C(=O)c2ccccc2)(C(=O)c2ccccc2)SC1.O=C(O)C(=O)O. The minimum atomic E-state index is -1.82. The zero-order valence-corrected chi connectivity index (χ0v) is 19.4. The van der Waals surface area contributed by atoms with Crippen LogP contribution >= 0.6 is 23.5 Å². The van der Waals surface area contributed by atoms with Crippen molar-refractivity contribution in [2.24, 2.45) is 5.92 Å². The van der Waals surface area contributed by atoms with Crippen LogP contribution in [0.1, 0.15) is 20.7 Å². The van der Waals surface area contributed by atoms with Crippen molar-refractivity contribution in [3.05, 3.63) is 71.8 Å². The van der Waals surface area contributed by atoms with Gasteiger partial charge in [0.15, 0.2) is 15.6 Å². The van der Waals surface area contributed by atoms with Crippen LogP contribution in [0, 0.1) is 5.92 Å². The van der Waals surface area contributed by atoms with Crippen molar-refractivity contribution in [2.45, 2.75) is 4.08 Å². The predicted molar refractivity (Wildman–Crippen MR) is 127 cm³/mol. The minimum absolute atomic E-state index is 0.0924. The number of nitrogens with zero attached hydrogens (tertiary/aromatic N) is 1. The quantitative estimate of drug-likeness (QED) is 0.369. The summed E-state index contributed by atoms with van der Waals surface area (Å²) in [6.45, 7) is 0.967. The first kappa shape index (κ1) is 25.6. The highest BCUT2D eigenvalue weighted by Gasteiger charge is 2.50. The third-order valence-electron chi connectivity index (χ3n) is 4.52. The first-order valence-electron chi connectivity index (χ1n) is 9.76. The number of thioether (sulfide) groups is 2. The number of carbonyl (C=O) groups is 4. The van der Waals surface area contributed by atoms with Crippen LogP contribution < -0.4 is 0 Å². The molecule has 2 aromatic rings. The van der Waals surface area contributed by atoms with E-state index in [9.17, 15) is 9.59 Å². The van der Waals surface area contributed by atoms with Crippen molar-refractivity contribution in [2.75, 3.05) is 32.1 Å². The summed E-state index contributed by atoms with van der Waals surface area (Å²) in [5, 5.41) is 14.8. The number of benzene rings is 2. The van der Waals surface area contributed by atoms with Gasteiger partial charge in [0.1, 0.15) is 0 Å². The van der Waals surface area contributed by atoms with E-state index in [0.29, 0.717) is 17.0 Å². The van der Waals surface area contributed by atoms with Crippen molar-refractivity contribution in [3.63, 3.8) is 0 Å². The molecule has 0 atom stereocenters. The first-order chi connectivity index (χ1) is 15.2. The standard InChI is InChI=1S/C21H23NO2S2.C2H2O4/c1-22(2)13-16-14-25-21(26-15-16,19(23)17-9-5-3-6-10-17)20(24)18-11-7-4-8-12-18;3-1(4)2(5)6/h3-12,16H,13-15H2,1-2H3;(H,3,4)(H,5,6). The molecule has 1 heterocycles. The maximum atomic E-state index is 13.4. The molecule has 0 amide bonds. The van der Waals surface area contributed by atoms with E-state index in [1.54, 1.807) is 24.3 Å². The van der Waals surface area contributed by atoms with Gasteiger partial charge in [-0.15, -0.1) is 23.5 Å². The van der Waals surface area contributed by atoms with Gasteiger partial charge >= 0.3 is 11.9 Å². The topological polar surface area (TPSA) is 112 Å². The fraction of sp³-hybridized carbons (Fsp3) is 0.304. The summed E-state index contributed by atoms with van der Waals surface area (Å²) in [6.07, 6.45) is 0. The highest BCUT2D eigenvalue weighted by atomic mass is 32.2. The smallest absolute Gasteiger partial charge is 0.414 e. The van der Waals surface area contributed by atoms with E-state index in [1.807, 2.05) is 36.4 Å². The minimum Gasteiger partial charge on any atom is -0.473 e. The van der Waals surface area contributed by atoms with Gasteiger partial charge in [0.25, 0.3) is 0 Å². The summed E-state index contributed by atoms with van der Waals surface area (Å²) in [5.74, 6) is -1.74. The Hall–Kier alpha value is -2.62. The van der Waals surface area contributed by atoms with Gasteiger partial charge in [-0.05, 0) is 20.0 Å². The van der Waals surface area contributed by atoms with Crippen LogP contribution in [0.25, 0.3) is 0 Å². The average molecular weight is 476 g/mol. The molecule has 2 aromatic carbocycles. The molecule has 1 aliphatic rings. The molecule has 1 saturated heterocycles. The van der Waals surface area contributed by atoms with E-state index in [2.05, 4.69) is 19.0 Å². The number of hydrogen-bond donors (Lipinski definition) is 2. The lowest BCUT2D eigenvalue weighted by molar-refractivity contribution is -0.159. The molecule has 1 fully saturated rings. The summed E-state index contributed by atoms with van der Waals surface area (Å²) >= 11 is 3.01. The van der Waals surface area contributed by atoms with Crippen LogP contribution in [0.3, 0.4) is 0 Å². The van der Waals surface area contributed by atoms with Crippen molar-refractivity contribution in [1.29, 1.82) is 0 Å². The van der Waals surface area contributed by atoms with Crippen LogP contribution in [-0.4, -0.2) is 74.8 Å². The second-order valence-electron chi connectivity index (χ2n) is 7.37. The number of carbonyl (C=O) groups excluding carboxylic acids is 2. The average Bonchev–Trinajstić information content (AvgIpc) is 2.80. The molecule has 2 N–H and O–H groups in total. The first-order valence-corrected chi connectivity index (χ1v) is 11.7. The van der Waals surface area contributed by atoms with E-state index in [-0.39, 0.29) is 11.6 Å². The van der Waals surface area contributed by atoms with Crippen LogP contribution in [-0.2, 0) is 9.59 Å². The van der Waals surface area contributed by atoms with Crippen LogP contribution in [0.2, 0.25) is 0 Å². The fourth-order valence-corrected chi connectivity index (χ4v) is 6.38. The summed E-state index contributed by atoms with van der Waals surface area (Å²) in [7, 11) is 4.11. The highest BCUT2D eigenvalue weighted by Crippen LogP contribution is 2.48. The van der Waals surface area contributed by atoms with Gasteiger partial charge in [-0.2, -0.15) is 0 Å². The number of Topliss-reactive ketones (excluding diaryl/α,β-unsaturated/α-hetero) is 2. The number of aliphatic carboxylic acids is 2. The van der Waals surface area contributed by atoms with Gasteiger partial charge in [-0.1, -0.05) is 60.7 Å². The maximum absolute atomic E-state index is 13.4. The van der Waals surface area contributed by atoms with E-state index >= 15 is 0 Å². The molecule has 1 aliphatic heterocycles. The Balaban J connectivity index is 0.000000534. The lowest BCUT2D eigenvalue weighted by Gasteiger charge is -2.37. The van der Waals surface area contributed by atoms with Gasteiger partial charge in [-0.3, -0.25) is 9.59 Å². The lowest BCUT2D eigenvalue weighted by Crippen LogP contribution is -2.45. The largest absolute Gasteiger partial charge is 0.473 e. The van der Waals surface area contributed by atoms with Crippen LogP contribution in [0.4, 0.5) is 0 Å². The molecule has 0 bridgehead atoms. The lowest BCUT2D eigenvalue weighted by atomic mass is 10.0. The molecule has 170 valence electrons. The third-order valence-corrected chi connectivity index (χ3v) is 8.06. The summed E-state index contributed by atoms with van der Waals surface area (Å²) < 4.78 is -1.09. The van der Waals surface area contributed by atoms with Crippen molar-refractivity contribution in [1.82, 2.24) is 4.90 Å². The molecule has 0 spiro atoms. The number of hydrogen-bond acceptors (Lipinski definition) is 7. The number of carboxylic acid groups (broad SMARTS) is 2. The van der Waals surface area contributed by atoms with Gasteiger partial charge in [0.2, 0.25) is 0 Å². The normalized spacial score (nSPS) is 15.3. The van der Waals surface area contributed by atoms with E-state index in [4.69, 9.17) is 19.8 Å². The van der Waals surface area contributed by atoms with Gasteiger partial charge in [-0.25, -0.2) is 9.59 Å². The summed E-state index contributed by atoms with van der Waals surface area (Å²) in [5.41, 5.74) is 1.20. The van der Waals surface area contributed by atoms with Crippen molar-refractivity contribution in [3.8, 4) is 0 Å². The molecule has 0 aliphatic carbocycles. The number of rotatable bonds is 6. The molecule has 32 heavy (non-hydrogen) atoms. The van der Waals surface area contributed by atoms with Gasteiger partial charge in [0.05, 0.1) is 0 Å². The Bertz CT molecular complexity index is 876. The molecule has 0 aromatic heterocycles. The second-order valence-corrected chi connectivity index (χ2v) is 10.1. The second kappa shape index (κ2) is 11.8. The zero-order valence-electron chi connectivity index (χ0n) is 17.8. The van der Waals surface area contributed by atoms with Gasteiger partial charge < -0.3 is 15.1 Å². The van der Waals surface area contributed by atoms with Crippen molar-refractivity contribution < 1.29 is 29.4 Å².